The normalized spacial score (nSPS) is 11.2. The molecule has 2 aromatic carbocycles. The molecule has 0 aliphatic rings. The van der Waals surface area contributed by atoms with Gasteiger partial charge in [-0.05, 0) is 29.8 Å². The minimum absolute atomic E-state index is 0.00367. The Kier molecular flexibility index (Phi) is 4.35. The summed E-state index contributed by atoms with van der Waals surface area (Å²) in [5.74, 6) is -0.354. The average Bonchev–Trinajstić information content (AvgIpc) is 2.99. The van der Waals surface area contributed by atoms with Crippen molar-refractivity contribution in [3.05, 3.63) is 60.5 Å². The number of hydrogen-bond donors (Lipinski definition) is 1. The van der Waals surface area contributed by atoms with Crippen molar-refractivity contribution in [2.24, 2.45) is 5.14 Å². The van der Waals surface area contributed by atoms with Crippen molar-refractivity contribution in [2.45, 2.75) is 11.4 Å². The zero-order valence-electron chi connectivity index (χ0n) is 12.9. The highest BCUT2D eigenvalue weighted by atomic mass is 32.2. The first kappa shape index (κ1) is 16.8. The van der Waals surface area contributed by atoms with Crippen LogP contribution in [0.2, 0.25) is 0 Å². The molecule has 0 bridgehead atoms. The van der Waals surface area contributed by atoms with Gasteiger partial charge in [0, 0.05) is 17.3 Å². The number of nitriles is 1. The minimum Gasteiger partial charge on any atom is -0.257 e. The van der Waals surface area contributed by atoms with E-state index in [1.54, 1.807) is 30.5 Å². The van der Waals surface area contributed by atoms with Crippen molar-refractivity contribution in [1.82, 2.24) is 9.78 Å². The lowest BCUT2D eigenvalue weighted by molar-refractivity contribution is 0.598. The average molecular weight is 356 g/mol. The van der Waals surface area contributed by atoms with E-state index >= 15 is 0 Å². The van der Waals surface area contributed by atoms with Crippen LogP contribution in [-0.2, 0) is 16.6 Å². The van der Waals surface area contributed by atoms with Gasteiger partial charge in [0.1, 0.15) is 18.1 Å². The number of aromatic nitrogens is 2. The lowest BCUT2D eigenvalue weighted by atomic mass is 10.0. The van der Waals surface area contributed by atoms with Gasteiger partial charge in [0.15, 0.2) is 0 Å². The molecular weight excluding hydrogens is 343 g/mol. The van der Waals surface area contributed by atoms with Gasteiger partial charge in [0.2, 0.25) is 10.0 Å². The number of rotatable bonds is 4. The van der Waals surface area contributed by atoms with E-state index in [1.165, 1.54) is 28.9 Å². The van der Waals surface area contributed by atoms with Crippen LogP contribution < -0.4 is 5.14 Å². The summed E-state index contributed by atoms with van der Waals surface area (Å²) in [6, 6.07) is 13.9. The summed E-state index contributed by atoms with van der Waals surface area (Å²) in [7, 11) is -3.78. The van der Waals surface area contributed by atoms with Crippen LogP contribution >= 0.6 is 0 Å². The molecule has 0 aliphatic heterocycles. The second-order valence-electron chi connectivity index (χ2n) is 5.32. The minimum atomic E-state index is -3.78. The fourth-order valence-corrected chi connectivity index (χ4v) is 2.95. The van der Waals surface area contributed by atoms with Gasteiger partial charge < -0.3 is 0 Å². The molecular formula is C17H13FN4O2S. The van der Waals surface area contributed by atoms with Gasteiger partial charge in [-0.1, -0.05) is 24.3 Å². The van der Waals surface area contributed by atoms with Gasteiger partial charge in [0.05, 0.1) is 11.0 Å². The Labute approximate surface area is 144 Å². The molecule has 6 nitrogen and oxygen atoms in total. The van der Waals surface area contributed by atoms with Gasteiger partial charge in [-0.15, -0.1) is 0 Å². The van der Waals surface area contributed by atoms with Gasteiger partial charge >= 0.3 is 0 Å². The second kappa shape index (κ2) is 6.47. The lowest BCUT2D eigenvalue weighted by Gasteiger charge is -2.04. The SMILES string of the molecule is N#CCn1cc(-c2ccc(F)cc2)c(-c2ccc(S(N)(=O)=O)cc2)n1. The van der Waals surface area contributed by atoms with Crippen molar-refractivity contribution in [1.29, 1.82) is 5.26 Å². The summed E-state index contributed by atoms with van der Waals surface area (Å²) in [6.45, 7) is 0.0590. The molecule has 126 valence electrons. The van der Waals surface area contributed by atoms with E-state index < -0.39 is 10.0 Å². The molecule has 0 atom stereocenters. The van der Waals surface area contributed by atoms with Gasteiger partial charge in [-0.25, -0.2) is 17.9 Å². The van der Waals surface area contributed by atoms with Crippen LogP contribution in [0.4, 0.5) is 4.39 Å². The van der Waals surface area contributed by atoms with Crippen molar-refractivity contribution >= 4 is 10.0 Å². The smallest absolute Gasteiger partial charge is 0.238 e. The van der Waals surface area contributed by atoms with E-state index in [1.807, 2.05) is 6.07 Å². The highest BCUT2D eigenvalue weighted by molar-refractivity contribution is 7.89. The summed E-state index contributed by atoms with van der Waals surface area (Å²) < 4.78 is 37.4. The molecule has 8 heteroatoms. The van der Waals surface area contributed by atoms with E-state index in [0.29, 0.717) is 16.8 Å². The first-order chi connectivity index (χ1) is 11.9. The molecule has 1 heterocycles. The molecule has 0 saturated heterocycles. The van der Waals surface area contributed by atoms with Crippen LogP contribution in [0.3, 0.4) is 0 Å². The van der Waals surface area contributed by atoms with Crippen molar-refractivity contribution in [3.8, 4) is 28.5 Å². The van der Waals surface area contributed by atoms with Gasteiger partial charge in [-0.3, -0.25) is 4.68 Å². The third-order valence-corrected chi connectivity index (χ3v) is 4.54. The number of hydrogen-bond acceptors (Lipinski definition) is 4. The summed E-state index contributed by atoms with van der Waals surface area (Å²) in [6.07, 6.45) is 1.69. The Hall–Kier alpha value is -3.02. The monoisotopic (exact) mass is 356 g/mol. The highest BCUT2D eigenvalue weighted by Gasteiger charge is 2.15. The fraction of sp³-hybridized carbons (Fsp3) is 0.0588. The Morgan fingerprint density at radius 3 is 2.24 bits per heavy atom. The molecule has 0 amide bonds. The summed E-state index contributed by atoms with van der Waals surface area (Å²) in [5.41, 5.74) is 2.65. The highest BCUT2D eigenvalue weighted by Crippen LogP contribution is 2.31. The van der Waals surface area contributed by atoms with Crippen LogP contribution in [0.15, 0.2) is 59.6 Å². The number of primary sulfonamides is 1. The van der Waals surface area contributed by atoms with Crippen LogP contribution in [0.25, 0.3) is 22.4 Å². The lowest BCUT2D eigenvalue weighted by Crippen LogP contribution is -2.11. The van der Waals surface area contributed by atoms with Gasteiger partial charge in [0.25, 0.3) is 0 Å². The maximum atomic E-state index is 13.2. The Balaban J connectivity index is 2.11. The maximum absolute atomic E-state index is 13.2. The molecule has 3 rings (SSSR count). The van der Waals surface area contributed by atoms with Crippen LogP contribution in [-0.4, -0.2) is 18.2 Å². The van der Waals surface area contributed by atoms with Crippen molar-refractivity contribution in [3.63, 3.8) is 0 Å². The van der Waals surface area contributed by atoms with Crippen LogP contribution in [0, 0.1) is 17.1 Å². The molecule has 0 aliphatic carbocycles. The number of nitrogens with zero attached hydrogens (tertiary/aromatic N) is 3. The number of benzene rings is 2. The van der Waals surface area contributed by atoms with E-state index in [2.05, 4.69) is 5.10 Å². The number of halogens is 1. The quantitative estimate of drug-likeness (QED) is 0.776. The maximum Gasteiger partial charge on any atom is 0.238 e. The molecule has 0 unspecified atom stereocenters. The first-order valence-corrected chi connectivity index (χ1v) is 8.77. The molecule has 2 N–H and O–H groups in total. The molecule has 0 radical (unpaired) electrons. The van der Waals surface area contributed by atoms with Gasteiger partial charge in [-0.2, -0.15) is 10.4 Å². The van der Waals surface area contributed by atoms with E-state index in [0.717, 1.165) is 5.56 Å². The topological polar surface area (TPSA) is 102 Å². The molecule has 3 aromatic rings. The van der Waals surface area contributed by atoms with Crippen LogP contribution in [0.1, 0.15) is 0 Å². The largest absolute Gasteiger partial charge is 0.257 e. The first-order valence-electron chi connectivity index (χ1n) is 7.22. The zero-order valence-corrected chi connectivity index (χ0v) is 13.7. The van der Waals surface area contributed by atoms with E-state index in [-0.39, 0.29) is 17.3 Å². The van der Waals surface area contributed by atoms with Crippen molar-refractivity contribution in [2.75, 3.05) is 0 Å². The molecule has 0 spiro atoms. The third-order valence-electron chi connectivity index (χ3n) is 3.61. The second-order valence-corrected chi connectivity index (χ2v) is 6.88. The number of sulfonamides is 1. The molecule has 1 aromatic heterocycles. The van der Waals surface area contributed by atoms with E-state index in [9.17, 15) is 12.8 Å². The third kappa shape index (κ3) is 3.57. The Morgan fingerprint density at radius 1 is 1.08 bits per heavy atom. The number of nitrogens with two attached hydrogens (primary N) is 1. The molecule has 25 heavy (non-hydrogen) atoms. The van der Waals surface area contributed by atoms with Crippen LogP contribution in [0.5, 0.6) is 0 Å². The summed E-state index contributed by atoms with van der Waals surface area (Å²) >= 11 is 0. The molecule has 0 saturated carbocycles. The Morgan fingerprint density at radius 2 is 1.68 bits per heavy atom. The zero-order chi connectivity index (χ0) is 18.0. The van der Waals surface area contributed by atoms with E-state index in [4.69, 9.17) is 10.4 Å². The van der Waals surface area contributed by atoms with Crippen molar-refractivity contribution < 1.29 is 12.8 Å². The summed E-state index contributed by atoms with van der Waals surface area (Å²) in [5, 5.41) is 18.4. The standard InChI is InChI=1S/C17H13FN4O2S/c18-14-5-1-12(2-6-14)16-11-22(10-9-19)21-17(16)13-3-7-15(8-4-13)25(20,23)24/h1-8,11H,10H2,(H2,20,23,24). The summed E-state index contributed by atoms with van der Waals surface area (Å²) in [4.78, 5) is -0.00367. The molecule has 0 fully saturated rings. The Bertz CT molecular complexity index is 1050. The predicted molar refractivity (Wildman–Crippen MR) is 90.0 cm³/mol. The fourth-order valence-electron chi connectivity index (χ4n) is 2.43. The predicted octanol–water partition coefficient (Wildman–Crippen LogP) is 2.53.